The van der Waals surface area contributed by atoms with Crippen molar-refractivity contribution < 1.29 is 27.5 Å². The van der Waals surface area contributed by atoms with E-state index in [-0.39, 0.29) is 17.4 Å². The van der Waals surface area contributed by atoms with Crippen molar-refractivity contribution in [3.8, 4) is 0 Å². The second kappa shape index (κ2) is 11.0. The van der Waals surface area contributed by atoms with Crippen molar-refractivity contribution in [1.29, 1.82) is 0 Å². The Morgan fingerprint density at radius 2 is 1.65 bits per heavy atom. The summed E-state index contributed by atoms with van der Waals surface area (Å²) >= 11 is 0. The second-order valence-corrected chi connectivity index (χ2v) is 8.94. The van der Waals surface area contributed by atoms with Crippen LogP contribution in [0.5, 0.6) is 0 Å². The molecule has 2 aromatic carbocycles. The summed E-state index contributed by atoms with van der Waals surface area (Å²) in [5.74, 6) is -0.363. The highest BCUT2D eigenvalue weighted by Crippen LogP contribution is 2.45. The topological polar surface area (TPSA) is 58.6 Å². The summed E-state index contributed by atoms with van der Waals surface area (Å²) in [6, 6.07) is 12.4. The number of nitrogens with one attached hydrogen (secondary N) is 1. The molecule has 5 nitrogen and oxygen atoms in total. The zero-order valence-electron chi connectivity index (χ0n) is 19.6. The molecular weight excluding hydrogens is 445 g/mol. The van der Waals surface area contributed by atoms with Crippen LogP contribution in [0, 0.1) is 0 Å². The molecule has 1 aliphatic carbocycles. The Kier molecular flexibility index (Phi) is 8.36. The zero-order valence-corrected chi connectivity index (χ0v) is 19.6. The number of alkyl halides is 3. The van der Waals surface area contributed by atoms with E-state index in [1.54, 1.807) is 12.1 Å². The fourth-order valence-electron chi connectivity index (χ4n) is 4.02. The van der Waals surface area contributed by atoms with Crippen LogP contribution in [0.1, 0.15) is 65.6 Å². The number of ether oxygens (including phenoxy) is 1. The fraction of sp³-hybridized carbons (Fsp3) is 0.462. The van der Waals surface area contributed by atoms with Crippen molar-refractivity contribution in [2.24, 2.45) is 0 Å². The maximum atomic E-state index is 12.7. The van der Waals surface area contributed by atoms with Gasteiger partial charge in [-0.2, -0.15) is 13.2 Å². The van der Waals surface area contributed by atoms with Crippen molar-refractivity contribution in [1.82, 2.24) is 10.2 Å². The summed E-state index contributed by atoms with van der Waals surface area (Å²) in [6.45, 7) is 1.38. The Balaban J connectivity index is 1.34. The maximum Gasteiger partial charge on any atom is 0.416 e. The average molecular weight is 477 g/mol. The average Bonchev–Trinajstić information content (AvgIpc) is 3.58. The van der Waals surface area contributed by atoms with Gasteiger partial charge in [0.2, 0.25) is 5.91 Å². The van der Waals surface area contributed by atoms with Crippen LogP contribution in [0.25, 0.3) is 0 Å². The summed E-state index contributed by atoms with van der Waals surface area (Å²) in [4.78, 5) is 26.1. The molecule has 184 valence electrons. The zero-order chi connectivity index (χ0) is 24.8. The molecule has 8 heteroatoms. The van der Waals surface area contributed by atoms with E-state index in [1.807, 2.05) is 19.2 Å². The lowest BCUT2D eigenvalue weighted by Gasteiger charge is -2.19. The van der Waals surface area contributed by atoms with Crippen LogP contribution < -0.4 is 5.32 Å². The molecule has 0 aromatic heterocycles. The normalized spacial score (nSPS) is 14.6. The van der Waals surface area contributed by atoms with Gasteiger partial charge in [-0.1, -0.05) is 30.7 Å². The summed E-state index contributed by atoms with van der Waals surface area (Å²) in [6.07, 6.45) is 0.471. The van der Waals surface area contributed by atoms with E-state index in [0.29, 0.717) is 18.5 Å². The molecular formula is C26H31F3N2O3. The van der Waals surface area contributed by atoms with Gasteiger partial charge in [0.05, 0.1) is 23.8 Å². The van der Waals surface area contributed by atoms with Gasteiger partial charge in [-0.3, -0.25) is 4.79 Å². The molecule has 1 amide bonds. The van der Waals surface area contributed by atoms with Crippen LogP contribution in [-0.2, 0) is 27.8 Å². The van der Waals surface area contributed by atoms with Crippen LogP contribution in [0.15, 0.2) is 48.5 Å². The minimum Gasteiger partial charge on any atom is -0.465 e. The lowest BCUT2D eigenvalue weighted by molar-refractivity contribution is -0.137. The standard InChI is InChI=1S/C26H31F3N2O3/c1-31(18-19-7-11-22(12-8-19)26(27,28)29)17-5-3-4-6-23(32)30-25(15-16-25)21-13-9-20(10-14-21)24(33)34-2/h7-14H,3-6,15-18H2,1-2H3,(H,30,32). The Morgan fingerprint density at radius 1 is 1.00 bits per heavy atom. The first-order valence-electron chi connectivity index (χ1n) is 11.5. The quantitative estimate of drug-likeness (QED) is 0.354. The molecule has 2 aromatic rings. The third kappa shape index (κ3) is 7.06. The number of carbonyl (C=O) groups is 2. The van der Waals surface area contributed by atoms with Crippen LogP contribution in [-0.4, -0.2) is 37.5 Å². The van der Waals surface area contributed by atoms with Gasteiger partial charge in [0.15, 0.2) is 0 Å². The highest BCUT2D eigenvalue weighted by Gasteiger charge is 2.45. The Labute approximate surface area is 198 Å². The van der Waals surface area contributed by atoms with Crippen molar-refractivity contribution in [2.75, 3.05) is 20.7 Å². The first-order valence-corrected chi connectivity index (χ1v) is 11.5. The number of benzene rings is 2. The molecule has 0 bridgehead atoms. The molecule has 3 rings (SSSR count). The van der Waals surface area contributed by atoms with Gasteiger partial charge in [-0.15, -0.1) is 0 Å². The Morgan fingerprint density at radius 3 is 2.21 bits per heavy atom. The van der Waals surface area contributed by atoms with Gasteiger partial charge in [-0.05, 0) is 74.7 Å². The van der Waals surface area contributed by atoms with Gasteiger partial charge in [0.25, 0.3) is 0 Å². The first kappa shape index (κ1) is 25.7. The van der Waals surface area contributed by atoms with Crippen molar-refractivity contribution in [2.45, 2.75) is 56.8 Å². The molecule has 1 fully saturated rings. The molecule has 1 aliphatic rings. The fourth-order valence-corrected chi connectivity index (χ4v) is 4.02. The summed E-state index contributed by atoms with van der Waals surface area (Å²) < 4.78 is 42.7. The number of rotatable bonds is 11. The van der Waals surface area contributed by atoms with Crippen LogP contribution in [0.2, 0.25) is 0 Å². The molecule has 0 spiro atoms. The van der Waals surface area contributed by atoms with Gasteiger partial charge in [-0.25, -0.2) is 4.79 Å². The number of methoxy groups -OCH3 is 1. The number of hydrogen-bond acceptors (Lipinski definition) is 4. The van der Waals surface area contributed by atoms with Gasteiger partial charge in [0.1, 0.15) is 0 Å². The van der Waals surface area contributed by atoms with Gasteiger partial charge in [0, 0.05) is 13.0 Å². The lowest BCUT2D eigenvalue weighted by atomic mass is 10.0. The monoisotopic (exact) mass is 476 g/mol. The summed E-state index contributed by atoms with van der Waals surface area (Å²) in [7, 11) is 3.28. The number of carbonyl (C=O) groups excluding carboxylic acids is 2. The number of halogens is 3. The van der Waals surface area contributed by atoms with E-state index in [1.165, 1.54) is 19.2 Å². The number of hydrogen-bond donors (Lipinski definition) is 1. The molecule has 0 atom stereocenters. The molecule has 0 aliphatic heterocycles. The number of unbranched alkanes of at least 4 members (excludes halogenated alkanes) is 2. The number of amides is 1. The number of esters is 1. The van der Waals surface area contributed by atoms with E-state index in [4.69, 9.17) is 4.74 Å². The van der Waals surface area contributed by atoms with Gasteiger partial charge >= 0.3 is 12.1 Å². The molecule has 0 saturated heterocycles. The SMILES string of the molecule is COC(=O)c1ccc(C2(NC(=O)CCCCCN(C)Cc3ccc(C(F)(F)F)cc3)CC2)cc1. The molecule has 0 unspecified atom stereocenters. The van der Waals surface area contributed by atoms with E-state index >= 15 is 0 Å². The van der Waals surface area contributed by atoms with Gasteiger partial charge < -0.3 is 15.0 Å². The van der Waals surface area contributed by atoms with Crippen LogP contribution in [0.3, 0.4) is 0 Å². The largest absolute Gasteiger partial charge is 0.465 e. The van der Waals surface area contributed by atoms with Crippen LogP contribution >= 0.6 is 0 Å². The van der Waals surface area contributed by atoms with E-state index in [0.717, 1.165) is 61.9 Å². The Hall–Kier alpha value is -2.87. The lowest BCUT2D eigenvalue weighted by Crippen LogP contribution is -2.34. The van der Waals surface area contributed by atoms with Crippen molar-refractivity contribution in [3.05, 3.63) is 70.8 Å². The van der Waals surface area contributed by atoms with Crippen molar-refractivity contribution >= 4 is 11.9 Å². The van der Waals surface area contributed by atoms with E-state index < -0.39 is 11.7 Å². The number of nitrogens with zero attached hydrogens (tertiary/aromatic N) is 1. The first-order chi connectivity index (χ1) is 16.1. The Bertz CT molecular complexity index is 968. The molecule has 1 saturated carbocycles. The predicted molar refractivity (Wildman–Crippen MR) is 123 cm³/mol. The highest BCUT2D eigenvalue weighted by molar-refractivity contribution is 5.89. The predicted octanol–water partition coefficient (Wildman–Crippen LogP) is 5.29. The van der Waals surface area contributed by atoms with Crippen molar-refractivity contribution in [3.63, 3.8) is 0 Å². The molecule has 0 radical (unpaired) electrons. The van der Waals surface area contributed by atoms with Crippen LogP contribution in [0.4, 0.5) is 13.2 Å². The summed E-state index contributed by atoms with van der Waals surface area (Å²) in [5.41, 5.74) is 1.36. The third-order valence-electron chi connectivity index (χ3n) is 6.16. The van der Waals surface area contributed by atoms with E-state index in [9.17, 15) is 22.8 Å². The smallest absolute Gasteiger partial charge is 0.416 e. The second-order valence-electron chi connectivity index (χ2n) is 8.94. The molecule has 0 heterocycles. The molecule has 34 heavy (non-hydrogen) atoms. The maximum absolute atomic E-state index is 12.7. The molecule has 1 N–H and O–H groups in total. The third-order valence-corrected chi connectivity index (χ3v) is 6.16. The minimum atomic E-state index is -4.31. The summed E-state index contributed by atoms with van der Waals surface area (Å²) in [5, 5.41) is 3.15. The highest BCUT2D eigenvalue weighted by atomic mass is 19.4. The minimum absolute atomic E-state index is 0.0210. The van der Waals surface area contributed by atoms with E-state index in [2.05, 4.69) is 10.2 Å².